The molecule has 0 fully saturated rings. The maximum absolute atomic E-state index is 12.5. The number of nitrogens with zero attached hydrogens (tertiary/aromatic N) is 2. The minimum Gasteiger partial charge on any atom is -0.352 e. The van der Waals surface area contributed by atoms with Gasteiger partial charge < -0.3 is 10.6 Å². The lowest BCUT2D eigenvalue weighted by atomic mass is 9.95. The number of anilines is 1. The van der Waals surface area contributed by atoms with Crippen LogP contribution in [0.1, 0.15) is 57.5 Å². The Morgan fingerprint density at radius 1 is 1.26 bits per heavy atom. The fraction of sp³-hybridized carbons (Fsp3) is 0.467. The van der Waals surface area contributed by atoms with Crippen LogP contribution in [0.25, 0.3) is 0 Å². The highest BCUT2D eigenvalue weighted by molar-refractivity contribution is 7.17. The summed E-state index contributed by atoms with van der Waals surface area (Å²) in [7, 11) is 0. The molecule has 2 N–H and O–H groups in total. The first-order valence-electron chi connectivity index (χ1n) is 7.71. The monoisotopic (exact) mass is 350 g/mol. The van der Waals surface area contributed by atoms with Crippen LogP contribution >= 0.6 is 22.9 Å². The van der Waals surface area contributed by atoms with Crippen molar-refractivity contribution < 1.29 is 9.59 Å². The van der Waals surface area contributed by atoms with Gasteiger partial charge in [-0.2, -0.15) is 0 Å². The molecule has 0 saturated carbocycles. The molecule has 122 valence electrons. The van der Waals surface area contributed by atoms with Crippen LogP contribution < -0.4 is 10.6 Å². The largest absolute Gasteiger partial charge is 0.352 e. The van der Waals surface area contributed by atoms with E-state index in [1.165, 1.54) is 16.2 Å². The number of carbonyl (C=O) groups is 2. The van der Waals surface area contributed by atoms with Crippen molar-refractivity contribution >= 4 is 39.7 Å². The zero-order valence-corrected chi connectivity index (χ0v) is 14.5. The van der Waals surface area contributed by atoms with Crippen molar-refractivity contribution in [3.8, 4) is 0 Å². The van der Waals surface area contributed by atoms with Gasteiger partial charge in [-0.25, -0.2) is 0 Å². The van der Waals surface area contributed by atoms with Gasteiger partial charge >= 0.3 is 0 Å². The van der Waals surface area contributed by atoms with Gasteiger partial charge in [0.1, 0.15) is 5.00 Å². The molecule has 1 aliphatic rings. The first-order valence-corrected chi connectivity index (χ1v) is 9.37. The molecule has 6 nitrogen and oxygen atoms in total. The molecular weight excluding hydrogens is 332 g/mol. The first-order chi connectivity index (χ1) is 11.2. The van der Waals surface area contributed by atoms with Gasteiger partial charge in [0, 0.05) is 16.8 Å². The molecule has 0 aromatic carbocycles. The average molecular weight is 350 g/mol. The molecule has 0 aliphatic heterocycles. The van der Waals surface area contributed by atoms with Gasteiger partial charge in [0.2, 0.25) is 0 Å². The van der Waals surface area contributed by atoms with E-state index in [0.717, 1.165) is 49.2 Å². The van der Waals surface area contributed by atoms with Crippen LogP contribution in [0.15, 0.2) is 5.38 Å². The van der Waals surface area contributed by atoms with Crippen molar-refractivity contribution in [3.63, 3.8) is 0 Å². The molecule has 0 spiro atoms. The van der Waals surface area contributed by atoms with Crippen molar-refractivity contribution in [2.75, 3.05) is 11.9 Å². The van der Waals surface area contributed by atoms with Crippen LogP contribution in [0.3, 0.4) is 0 Å². The summed E-state index contributed by atoms with van der Waals surface area (Å²) in [6.45, 7) is 2.65. The number of aromatic nitrogens is 2. The molecule has 2 aromatic rings. The number of fused-ring (bicyclic) bond motifs is 1. The summed E-state index contributed by atoms with van der Waals surface area (Å²) >= 11 is 2.64. The molecule has 23 heavy (non-hydrogen) atoms. The summed E-state index contributed by atoms with van der Waals surface area (Å²) in [5.41, 5.74) is 2.01. The lowest BCUT2D eigenvalue weighted by Crippen LogP contribution is -2.26. The van der Waals surface area contributed by atoms with E-state index < -0.39 is 0 Å². The number of thiophene rings is 1. The fourth-order valence-corrected chi connectivity index (χ4v) is 4.37. The van der Waals surface area contributed by atoms with Crippen LogP contribution in [-0.4, -0.2) is 27.9 Å². The number of aryl methyl sites for hydroxylation is 1. The Hall–Kier alpha value is -1.80. The number of rotatable bonds is 5. The summed E-state index contributed by atoms with van der Waals surface area (Å²) in [5.74, 6) is -0.417. The number of amides is 2. The molecule has 1 aliphatic carbocycles. The van der Waals surface area contributed by atoms with Crippen LogP contribution in [-0.2, 0) is 12.8 Å². The van der Waals surface area contributed by atoms with Crippen LogP contribution in [0.2, 0.25) is 0 Å². The highest BCUT2D eigenvalue weighted by atomic mass is 32.1. The second-order valence-corrected chi connectivity index (χ2v) is 7.13. The molecular formula is C15H18N4O2S2. The molecule has 0 atom stereocenters. The van der Waals surface area contributed by atoms with Crippen molar-refractivity contribution in [2.24, 2.45) is 0 Å². The Balaban J connectivity index is 1.90. The van der Waals surface area contributed by atoms with E-state index in [2.05, 4.69) is 20.2 Å². The van der Waals surface area contributed by atoms with Crippen molar-refractivity contribution in [1.82, 2.24) is 14.9 Å². The topological polar surface area (TPSA) is 84.0 Å². The Morgan fingerprint density at radius 2 is 2.09 bits per heavy atom. The summed E-state index contributed by atoms with van der Waals surface area (Å²) < 4.78 is 3.70. The molecule has 0 unspecified atom stereocenters. The minimum absolute atomic E-state index is 0.0991. The van der Waals surface area contributed by atoms with Gasteiger partial charge in [0.25, 0.3) is 11.8 Å². The number of hydrogen-bond acceptors (Lipinski definition) is 6. The third-order valence-corrected chi connectivity index (χ3v) is 5.47. The van der Waals surface area contributed by atoms with E-state index in [9.17, 15) is 9.59 Å². The second kappa shape index (κ2) is 7.18. The highest BCUT2D eigenvalue weighted by Gasteiger charge is 2.26. The molecule has 0 radical (unpaired) electrons. The zero-order valence-electron chi connectivity index (χ0n) is 12.8. The highest BCUT2D eigenvalue weighted by Crippen LogP contribution is 2.38. The molecule has 0 bridgehead atoms. The van der Waals surface area contributed by atoms with Gasteiger partial charge in [0.15, 0.2) is 5.69 Å². The predicted octanol–water partition coefficient (Wildman–Crippen LogP) is 2.87. The SMILES string of the molecule is CCCNC(=O)c1c(NC(=O)c2csnn2)sc2c1CCCC2. The lowest BCUT2D eigenvalue weighted by Gasteiger charge is -2.13. The minimum atomic E-state index is -0.318. The molecule has 2 heterocycles. The van der Waals surface area contributed by atoms with E-state index in [-0.39, 0.29) is 17.5 Å². The summed E-state index contributed by atoms with van der Waals surface area (Å²) in [6.07, 6.45) is 4.97. The van der Waals surface area contributed by atoms with Crippen LogP contribution in [0, 0.1) is 0 Å². The van der Waals surface area contributed by atoms with E-state index >= 15 is 0 Å². The van der Waals surface area contributed by atoms with Gasteiger partial charge in [-0.05, 0) is 49.2 Å². The molecule has 2 aromatic heterocycles. The maximum Gasteiger partial charge on any atom is 0.277 e. The fourth-order valence-electron chi connectivity index (χ4n) is 2.65. The quantitative estimate of drug-likeness (QED) is 0.868. The standard InChI is InChI=1S/C15H18N4O2S2/c1-2-7-16-14(21)12-9-5-3-4-6-11(9)23-15(12)17-13(20)10-8-22-19-18-10/h8H,2-7H2,1H3,(H,16,21)(H,17,20). The smallest absolute Gasteiger partial charge is 0.277 e. The van der Waals surface area contributed by atoms with E-state index in [4.69, 9.17) is 0 Å². The Kier molecular flexibility index (Phi) is 5.02. The van der Waals surface area contributed by atoms with E-state index in [0.29, 0.717) is 17.1 Å². The molecule has 0 saturated heterocycles. The lowest BCUT2D eigenvalue weighted by molar-refractivity contribution is 0.0954. The molecule has 3 rings (SSSR count). The third-order valence-electron chi connectivity index (χ3n) is 3.75. The van der Waals surface area contributed by atoms with Crippen LogP contribution in [0.5, 0.6) is 0 Å². The summed E-state index contributed by atoms with van der Waals surface area (Å²) in [4.78, 5) is 26.0. The van der Waals surface area contributed by atoms with Gasteiger partial charge in [0.05, 0.1) is 5.56 Å². The van der Waals surface area contributed by atoms with E-state index in [1.807, 2.05) is 6.92 Å². The van der Waals surface area contributed by atoms with Crippen molar-refractivity contribution in [3.05, 3.63) is 27.1 Å². The van der Waals surface area contributed by atoms with Gasteiger partial charge in [-0.3, -0.25) is 9.59 Å². The Bertz CT molecular complexity index is 709. The zero-order chi connectivity index (χ0) is 16.2. The van der Waals surface area contributed by atoms with E-state index in [1.54, 1.807) is 5.38 Å². The summed E-state index contributed by atoms with van der Waals surface area (Å²) in [5, 5.41) is 11.8. The Morgan fingerprint density at radius 3 is 2.83 bits per heavy atom. The number of carbonyl (C=O) groups excluding carboxylic acids is 2. The number of nitrogens with one attached hydrogen (secondary N) is 2. The van der Waals surface area contributed by atoms with Crippen LogP contribution in [0.4, 0.5) is 5.00 Å². The Labute approximate surface area is 142 Å². The maximum atomic E-state index is 12.5. The molecule has 2 amide bonds. The van der Waals surface area contributed by atoms with Gasteiger partial charge in [-0.1, -0.05) is 11.4 Å². The van der Waals surface area contributed by atoms with Crippen molar-refractivity contribution in [2.45, 2.75) is 39.0 Å². The predicted molar refractivity (Wildman–Crippen MR) is 91.4 cm³/mol. The summed E-state index contributed by atoms with van der Waals surface area (Å²) in [6, 6.07) is 0. The first kappa shape index (κ1) is 16.1. The van der Waals surface area contributed by atoms with Crippen molar-refractivity contribution in [1.29, 1.82) is 0 Å². The van der Waals surface area contributed by atoms with Gasteiger partial charge in [-0.15, -0.1) is 16.4 Å². The normalized spacial score (nSPS) is 13.4. The third kappa shape index (κ3) is 3.42. The average Bonchev–Trinajstić information content (AvgIpc) is 3.19. The molecule has 8 heteroatoms. The second-order valence-electron chi connectivity index (χ2n) is 5.42. The number of hydrogen-bond donors (Lipinski definition) is 2.